The van der Waals surface area contributed by atoms with E-state index in [2.05, 4.69) is 11.1 Å². The Balaban J connectivity index is 2.36. The summed E-state index contributed by atoms with van der Waals surface area (Å²) in [5.41, 5.74) is 1.08. The van der Waals surface area contributed by atoms with E-state index in [4.69, 9.17) is 5.11 Å². The quantitative estimate of drug-likeness (QED) is 0.910. The van der Waals surface area contributed by atoms with Gasteiger partial charge in [-0.3, -0.25) is 9.78 Å². The van der Waals surface area contributed by atoms with Crippen molar-refractivity contribution >= 4 is 22.8 Å². The van der Waals surface area contributed by atoms with Crippen LogP contribution in [0.25, 0.3) is 16.8 Å². The first-order chi connectivity index (χ1) is 8.88. The van der Waals surface area contributed by atoms with Crippen LogP contribution in [-0.4, -0.2) is 16.1 Å². The number of carbonyl (C=O) groups is 1. The van der Waals surface area contributed by atoms with Gasteiger partial charge in [0.1, 0.15) is 0 Å². The van der Waals surface area contributed by atoms with Crippen molar-refractivity contribution in [3.63, 3.8) is 0 Å². The number of pyridine rings is 1. The van der Waals surface area contributed by atoms with Crippen molar-refractivity contribution in [2.75, 3.05) is 0 Å². The Bertz CT molecular complexity index is 657. The molecular formula is C16H17NO2. The molecule has 2 aromatic rings. The lowest BCUT2D eigenvalue weighted by Gasteiger charge is -2.12. The lowest BCUT2D eigenvalue weighted by atomic mass is 9.93. The smallest absolute Gasteiger partial charge is 0.312 e. The van der Waals surface area contributed by atoms with E-state index in [-0.39, 0.29) is 0 Å². The summed E-state index contributed by atoms with van der Waals surface area (Å²) >= 11 is 0. The van der Waals surface area contributed by atoms with Gasteiger partial charge in [0.25, 0.3) is 0 Å². The molecule has 1 aromatic carbocycles. The first-order valence-corrected chi connectivity index (χ1v) is 6.17. The molecule has 2 rings (SSSR count). The van der Waals surface area contributed by atoms with Gasteiger partial charge in [0.05, 0.1) is 11.1 Å². The average molecular weight is 255 g/mol. The molecule has 1 heterocycles. The summed E-state index contributed by atoms with van der Waals surface area (Å²) in [5, 5.41) is 11.3. The van der Waals surface area contributed by atoms with Gasteiger partial charge >= 0.3 is 5.97 Å². The van der Waals surface area contributed by atoms with Crippen molar-refractivity contribution in [3.05, 3.63) is 47.8 Å². The van der Waals surface area contributed by atoms with Crippen molar-refractivity contribution in [1.29, 1.82) is 0 Å². The van der Waals surface area contributed by atoms with E-state index in [0.29, 0.717) is 0 Å². The van der Waals surface area contributed by atoms with Gasteiger partial charge in [-0.2, -0.15) is 0 Å². The normalized spacial score (nSPS) is 12.2. The van der Waals surface area contributed by atoms with Crippen LogP contribution < -0.4 is 0 Å². The highest BCUT2D eigenvalue weighted by atomic mass is 16.4. The molecule has 0 aliphatic heterocycles. The third-order valence-corrected chi connectivity index (χ3v) is 3.12. The lowest BCUT2D eigenvalue weighted by Crippen LogP contribution is -2.20. The van der Waals surface area contributed by atoms with E-state index in [1.54, 1.807) is 26.0 Å². The summed E-state index contributed by atoms with van der Waals surface area (Å²) in [7, 11) is 0. The fourth-order valence-electron chi connectivity index (χ4n) is 1.73. The molecule has 0 fully saturated rings. The maximum Gasteiger partial charge on any atom is 0.312 e. The van der Waals surface area contributed by atoms with Crippen LogP contribution in [0.4, 0.5) is 0 Å². The molecule has 0 saturated heterocycles. The minimum Gasteiger partial charge on any atom is -0.481 e. The Hall–Kier alpha value is -2.16. The topological polar surface area (TPSA) is 50.2 Å². The highest BCUT2D eigenvalue weighted by Gasteiger charge is 2.23. The molecule has 0 amide bonds. The Kier molecular flexibility index (Phi) is 3.38. The van der Waals surface area contributed by atoms with Gasteiger partial charge in [-0.25, -0.2) is 0 Å². The van der Waals surface area contributed by atoms with E-state index in [9.17, 15) is 4.79 Å². The lowest BCUT2D eigenvalue weighted by molar-refractivity contribution is -0.144. The van der Waals surface area contributed by atoms with Crippen molar-refractivity contribution in [3.8, 4) is 0 Å². The third kappa shape index (κ3) is 2.99. The fraction of sp³-hybridized carbons (Fsp3) is 0.250. The maximum absolute atomic E-state index is 11.0. The highest BCUT2D eigenvalue weighted by molar-refractivity contribution is 5.84. The van der Waals surface area contributed by atoms with Crippen molar-refractivity contribution in [2.45, 2.75) is 20.8 Å². The molecule has 0 atom stereocenters. The standard InChI is InChI=1S/C16H17NO2/c1-11-4-5-12-10-17-14(9-13(12)8-11)6-7-16(2,3)15(18)19/h4-10H,1-3H3,(H,18,19). The number of aliphatic carboxylic acids is 1. The number of hydrogen-bond donors (Lipinski definition) is 1. The summed E-state index contributed by atoms with van der Waals surface area (Å²) in [5.74, 6) is -0.847. The number of aryl methyl sites for hydroxylation is 1. The van der Waals surface area contributed by atoms with Crippen LogP contribution >= 0.6 is 0 Å². The minimum atomic E-state index is -0.886. The second kappa shape index (κ2) is 4.84. The summed E-state index contributed by atoms with van der Waals surface area (Å²) in [6, 6.07) is 8.15. The van der Waals surface area contributed by atoms with Crippen LogP contribution in [0.1, 0.15) is 25.1 Å². The first kappa shape index (κ1) is 13.3. The van der Waals surface area contributed by atoms with E-state index in [0.717, 1.165) is 16.5 Å². The summed E-state index contributed by atoms with van der Waals surface area (Å²) in [6.07, 6.45) is 5.23. The van der Waals surface area contributed by atoms with Gasteiger partial charge in [0, 0.05) is 11.6 Å². The van der Waals surface area contributed by atoms with Crippen molar-refractivity contribution in [2.24, 2.45) is 5.41 Å². The zero-order chi connectivity index (χ0) is 14.0. The summed E-state index contributed by atoms with van der Waals surface area (Å²) in [6.45, 7) is 5.37. The molecule has 1 N–H and O–H groups in total. The van der Waals surface area contributed by atoms with Gasteiger partial charge in [-0.1, -0.05) is 29.8 Å². The molecule has 98 valence electrons. The zero-order valence-corrected chi connectivity index (χ0v) is 11.3. The minimum absolute atomic E-state index is 0.771. The first-order valence-electron chi connectivity index (χ1n) is 6.17. The average Bonchev–Trinajstić information content (AvgIpc) is 2.35. The van der Waals surface area contributed by atoms with Gasteiger partial charge < -0.3 is 5.11 Å². The Labute approximate surface area is 112 Å². The molecular weight excluding hydrogens is 238 g/mol. The van der Waals surface area contributed by atoms with Crippen LogP contribution in [0.3, 0.4) is 0 Å². The predicted molar refractivity (Wildman–Crippen MR) is 76.9 cm³/mol. The molecule has 19 heavy (non-hydrogen) atoms. The van der Waals surface area contributed by atoms with E-state index in [1.807, 2.05) is 31.3 Å². The number of carboxylic acid groups (broad SMARTS) is 1. The molecule has 0 spiro atoms. The van der Waals surface area contributed by atoms with Crippen LogP contribution in [0, 0.1) is 12.3 Å². The van der Waals surface area contributed by atoms with Gasteiger partial charge in [-0.15, -0.1) is 0 Å². The molecule has 1 aromatic heterocycles. The van der Waals surface area contributed by atoms with Gasteiger partial charge in [-0.05, 0) is 38.3 Å². The van der Waals surface area contributed by atoms with E-state index in [1.165, 1.54) is 5.56 Å². The molecule has 0 aliphatic rings. The fourth-order valence-corrected chi connectivity index (χ4v) is 1.73. The van der Waals surface area contributed by atoms with Crippen LogP contribution in [-0.2, 0) is 4.79 Å². The van der Waals surface area contributed by atoms with Crippen LogP contribution in [0.15, 0.2) is 36.5 Å². The van der Waals surface area contributed by atoms with E-state index < -0.39 is 11.4 Å². The molecule has 3 heteroatoms. The second-order valence-corrected chi connectivity index (χ2v) is 5.32. The Morgan fingerprint density at radius 3 is 2.68 bits per heavy atom. The molecule has 3 nitrogen and oxygen atoms in total. The maximum atomic E-state index is 11.0. The number of rotatable bonds is 3. The van der Waals surface area contributed by atoms with Crippen LogP contribution in [0.5, 0.6) is 0 Å². The number of hydrogen-bond acceptors (Lipinski definition) is 2. The molecule has 0 saturated carbocycles. The van der Waals surface area contributed by atoms with Crippen LogP contribution in [0.2, 0.25) is 0 Å². The monoisotopic (exact) mass is 255 g/mol. The Morgan fingerprint density at radius 2 is 2.00 bits per heavy atom. The molecule has 0 unspecified atom stereocenters. The zero-order valence-electron chi connectivity index (χ0n) is 11.3. The summed E-state index contributed by atoms with van der Waals surface area (Å²) in [4.78, 5) is 15.3. The number of carboxylic acids is 1. The highest BCUT2D eigenvalue weighted by Crippen LogP contribution is 2.20. The SMILES string of the molecule is Cc1ccc2cnc(C=CC(C)(C)C(=O)O)cc2c1. The predicted octanol–water partition coefficient (Wildman–Crippen LogP) is 3.67. The van der Waals surface area contributed by atoms with Crippen molar-refractivity contribution < 1.29 is 9.90 Å². The number of aromatic nitrogens is 1. The molecule has 0 radical (unpaired) electrons. The van der Waals surface area contributed by atoms with Gasteiger partial charge in [0.2, 0.25) is 0 Å². The van der Waals surface area contributed by atoms with E-state index >= 15 is 0 Å². The van der Waals surface area contributed by atoms with Gasteiger partial charge in [0.15, 0.2) is 0 Å². The number of nitrogens with zero attached hydrogens (tertiary/aromatic N) is 1. The largest absolute Gasteiger partial charge is 0.481 e. The molecule has 0 bridgehead atoms. The number of fused-ring (bicyclic) bond motifs is 1. The Morgan fingerprint density at radius 1 is 1.26 bits per heavy atom. The third-order valence-electron chi connectivity index (χ3n) is 3.12. The number of benzene rings is 1. The second-order valence-electron chi connectivity index (χ2n) is 5.32. The summed E-state index contributed by atoms with van der Waals surface area (Å²) < 4.78 is 0. The van der Waals surface area contributed by atoms with Crippen molar-refractivity contribution in [1.82, 2.24) is 4.98 Å². The molecule has 0 aliphatic carbocycles.